The lowest BCUT2D eigenvalue weighted by Gasteiger charge is -2.13. The number of carbonyl (C=O) groups is 1. The molecule has 0 atom stereocenters. The van der Waals surface area contributed by atoms with Crippen LogP contribution in [0.25, 0.3) is 0 Å². The highest BCUT2D eigenvalue weighted by Gasteiger charge is 2.09. The van der Waals surface area contributed by atoms with Crippen LogP contribution in [0.1, 0.15) is 15.9 Å². The highest BCUT2D eigenvalue weighted by molar-refractivity contribution is 5.95. The van der Waals surface area contributed by atoms with Crippen molar-refractivity contribution in [1.82, 2.24) is 15.4 Å². The van der Waals surface area contributed by atoms with E-state index < -0.39 is 0 Å². The van der Waals surface area contributed by atoms with Gasteiger partial charge in [0.05, 0.1) is 0 Å². The molecule has 26 heavy (non-hydrogen) atoms. The zero-order chi connectivity index (χ0) is 18.2. The van der Waals surface area contributed by atoms with Crippen molar-refractivity contribution in [1.29, 1.82) is 0 Å². The summed E-state index contributed by atoms with van der Waals surface area (Å²) in [7, 11) is 0. The Kier molecular flexibility index (Phi) is 5.61. The minimum absolute atomic E-state index is 0.276. The van der Waals surface area contributed by atoms with Gasteiger partial charge in [0.1, 0.15) is 12.0 Å². The Morgan fingerprint density at radius 1 is 0.923 bits per heavy atom. The van der Waals surface area contributed by atoms with E-state index in [1.165, 1.54) is 11.9 Å². The summed E-state index contributed by atoms with van der Waals surface area (Å²) in [6.07, 6.45) is 2.23. The maximum atomic E-state index is 12.1. The molecule has 0 aliphatic carbocycles. The molecule has 1 heterocycles. The molecule has 0 aliphatic rings. The molecular weight excluding hydrogens is 328 g/mol. The summed E-state index contributed by atoms with van der Waals surface area (Å²) < 4.78 is 0. The molecule has 0 aliphatic heterocycles. The fourth-order valence-electron chi connectivity index (χ4n) is 2.38. The lowest BCUT2D eigenvalue weighted by Crippen LogP contribution is -2.30. The van der Waals surface area contributed by atoms with Crippen molar-refractivity contribution in [2.75, 3.05) is 23.0 Å². The number of hydrogen-bond acceptors (Lipinski definition) is 6. The quantitative estimate of drug-likeness (QED) is 0.489. The smallest absolute Gasteiger partial charge is 0.269 e. The van der Waals surface area contributed by atoms with Crippen LogP contribution in [-0.2, 0) is 6.42 Å². The van der Waals surface area contributed by atoms with Crippen LogP contribution < -0.4 is 21.9 Å². The van der Waals surface area contributed by atoms with Crippen LogP contribution >= 0.6 is 0 Å². The molecule has 5 N–H and O–H groups in total. The molecule has 0 spiro atoms. The Morgan fingerprint density at radius 3 is 2.31 bits per heavy atom. The van der Waals surface area contributed by atoms with E-state index in [1.54, 1.807) is 24.3 Å². The van der Waals surface area contributed by atoms with Crippen LogP contribution in [0.5, 0.6) is 0 Å². The molecular formula is C19H20N6O. The van der Waals surface area contributed by atoms with Crippen LogP contribution in [0.4, 0.5) is 17.3 Å². The monoisotopic (exact) mass is 348 g/mol. The molecule has 0 bridgehead atoms. The Hall–Kier alpha value is -3.61. The first-order chi connectivity index (χ1) is 12.7. The highest BCUT2D eigenvalue weighted by Crippen LogP contribution is 2.21. The van der Waals surface area contributed by atoms with E-state index in [4.69, 9.17) is 5.73 Å². The molecule has 0 unspecified atom stereocenters. The van der Waals surface area contributed by atoms with Gasteiger partial charge in [-0.3, -0.25) is 15.6 Å². The molecule has 7 nitrogen and oxygen atoms in total. The number of amides is 1. The average Bonchev–Trinajstić information content (AvgIpc) is 2.69. The second-order valence-electron chi connectivity index (χ2n) is 5.59. The SMILES string of the molecule is Nc1c(NCCc2ccccc2)ncnc1NNC(=O)c1ccccc1. The number of rotatable bonds is 7. The van der Waals surface area contributed by atoms with Crippen LogP contribution in [0.15, 0.2) is 67.0 Å². The van der Waals surface area contributed by atoms with Gasteiger partial charge < -0.3 is 11.1 Å². The van der Waals surface area contributed by atoms with Crippen molar-refractivity contribution in [2.45, 2.75) is 6.42 Å². The van der Waals surface area contributed by atoms with Crippen LogP contribution in [0.3, 0.4) is 0 Å². The lowest BCUT2D eigenvalue weighted by molar-refractivity contribution is 0.0962. The molecule has 0 radical (unpaired) electrons. The largest absolute Gasteiger partial charge is 0.393 e. The second kappa shape index (κ2) is 8.48. The highest BCUT2D eigenvalue weighted by atomic mass is 16.2. The molecule has 0 saturated carbocycles. The number of hydrazine groups is 1. The van der Waals surface area contributed by atoms with Gasteiger partial charge in [-0.15, -0.1) is 0 Å². The summed E-state index contributed by atoms with van der Waals surface area (Å²) in [4.78, 5) is 20.3. The third-order valence-electron chi connectivity index (χ3n) is 3.76. The van der Waals surface area contributed by atoms with E-state index in [-0.39, 0.29) is 5.91 Å². The van der Waals surface area contributed by atoms with E-state index in [2.05, 4.69) is 38.3 Å². The second-order valence-corrected chi connectivity index (χ2v) is 5.59. The summed E-state index contributed by atoms with van der Waals surface area (Å²) in [6, 6.07) is 19.0. The van der Waals surface area contributed by atoms with Crippen molar-refractivity contribution >= 4 is 23.2 Å². The molecule has 2 aromatic carbocycles. The van der Waals surface area contributed by atoms with Crippen molar-refractivity contribution in [3.8, 4) is 0 Å². The molecule has 0 fully saturated rings. The molecule has 1 aromatic heterocycles. The first kappa shape index (κ1) is 17.2. The van der Waals surface area contributed by atoms with Gasteiger partial charge in [-0.1, -0.05) is 48.5 Å². The Balaban J connectivity index is 1.57. The van der Waals surface area contributed by atoms with Gasteiger partial charge in [0, 0.05) is 12.1 Å². The van der Waals surface area contributed by atoms with E-state index in [9.17, 15) is 4.79 Å². The van der Waals surface area contributed by atoms with Crippen LogP contribution in [0.2, 0.25) is 0 Å². The summed E-state index contributed by atoms with van der Waals surface area (Å²) in [5.74, 6) is 0.584. The number of nitrogens with zero attached hydrogens (tertiary/aromatic N) is 2. The lowest BCUT2D eigenvalue weighted by atomic mass is 10.1. The topological polar surface area (TPSA) is 105 Å². The van der Waals surface area contributed by atoms with Gasteiger partial charge in [-0.05, 0) is 24.1 Å². The predicted octanol–water partition coefficient (Wildman–Crippen LogP) is 2.47. The third kappa shape index (κ3) is 4.47. The van der Waals surface area contributed by atoms with Crippen molar-refractivity contribution in [2.24, 2.45) is 0 Å². The van der Waals surface area contributed by atoms with Crippen molar-refractivity contribution in [3.05, 3.63) is 78.1 Å². The zero-order valence-electron chi connectivity index (χ0n) is 14.1. The van der Waals surface area contributed by atoms with Gasteiger partial charge in [-0.25, -0.2) is 9.97 Å². The number of benzene rings is 2. The van der Waals surface area contributed by atoms with E-state index in [1.807, 2.05) is 24.3 Å². The van der Waals surface area contributed by atoms with Crippen molar-refractivity contribution < 1.29 is 4.79 Å². The fraction of sp³-hybridized carbons (Fsp3) is 0.105. The van der Waals surface area contributed by atoms with Gasteiger partial charge in [-0.2, -0.15) is 0 Å². The maximum absolute atomic E-state index is 12.1. The summed E-state index contributed by atoms with van der Waals surface area (Å²) in [6.45, 7) is 0.682. The molecule has 132 valence electrons. The van der Waals surface area contributed by atoms with E-state index in [0.29, 0.717) is 29.4 Å². The minimum Gasteiger partial charge on any atom is -0.393 e. The minimum atomic E-state index is -0.276. The number of carbonyl (C=O) groups excluding carboxylic acids is 1. The van der Waals surface area contributed by atoms with Gasteiger partial charge >= 0.3 is 0 Å². The number of nitrogens with two attached hydrogens (primary N) is 1. The third-order valence-corrected chi connectivity index (χ3v) is 3.76. The number of anilines is 3. The number of aromatic nitrogens is 2. The normalized spacial score (nSPS) is 10.2. The first-order valence-corrected chi connectivity index (χ1v) is 8.23. The average molecular weight is 348 g/mol. The summed E-state index contributed by atoms with van der Waals surface area (Å²) in [5.41, 5.74) is 13.5. The predicted molar refractivity (Wildman–Crippen MR) is 103 cm³/mol. The summed E-state index contributed by atoms with van der Waals surface area (Å²) >= 11 is 0. The van der Waals surface area contributed by atoms with Crippen LogP contribution in [0, 0.1) is 0 Å². The van der Waals surface area contributed by atoms with Crippen molar-refractivity contribution in [3.63, 3.8) is 0 Å². The molecule has 7 heteroatoms. The number of nitrogens with one attached hydrogen (secondary N) is 3. The Morgan fingerprint density at radius 2 is 1.58 bits per heavy atom. The zero-order valence-corrected chi connectivity index (χ0v) is 14.1. The molecule has 1 amide bonds. The maximum Gasteiger partial charge on any atom is 0.269 e. The van der Waals surface area contributed by atoms with E-state index in [0.717, 1.165) is 6.42 Å². The van der Waals surface area contributed by atoms with Gasteiger partial charge in [0.15, 0.2) is 11.6 Å². The fourth-order valence-corrected chi connectivity index (χ4v) is 2.38. The summed E-state index contributed by atoms with van der Waals surface area (Å²) in [5, 5.41) is 3.19. The Bertz CT molecular complexity index is 854. The molecule has 3 rings (SSSR count). The van der Waals surface area contributed by atoms with Gasteiger partial charge in [0.2, 0.25) is 0 Å². The van der Waals surface area contributed by atoms with E-state index >= 15 is 0 Å². The van der Waals surface area contributed by atoms with Crippen LogP contribution in [-0.4, -0.2) is 22.4 Å². The standard InChI is InChI=1S/C19H20N6O/c20-16-17(21-12-11-14-7-3-1-4-8-14)22-13-23-18(16)24-25-19(26)15-9-5-2-6-10-15/h1-10,13H,11-12,20H2,(H,25,26)(H2,21,22,23,24). The molecule has 0 saturated heterocycles. The number of hydrogen-bond donors (Lipinski definition) is 4. The first-order valence-electron chi connectivity index (χ1n) is 8.23. The number of nitrogen functional groups attached to an aromatic ring is 1. The van der Waals surface area contributed by atoms with Gasteiger partial charge in [0.25, 0.3) is 5.91 Å². The molecule has 3 aromatic rings. The Labute approximate surface area is 151 Å².